The van der Waals surface area contributed by atoms with Crippen LogP contribution in [0.2, 0.25) is 0 Å². The molecule has 0 aliphatic carbocycles. The maximum Gasteiger partial charge on any atom is 0.422 e. The Hall–Kier alpha value is -3.03. The first kappa shape index (κ1) is 18.8. The van der Waals surface area contributed by atoms with Crippen LogP contribution < -0.4 is 10.1 Å². The molecule has 1 N–H and O–H groups in total. The number of halogens is 3. The van der Waals surface area contributed by atoms with Gasteiger partial charge in [-0.25, -0.2) is 4.79 Å². The molecule has 8 heteroatoms. The molecule has 2 heterocycles. The summed E-state index contributed by atoms with van der Waals surface area (Å²) in [6, 6.07) is 10.0. The van der Waals surface area contributed by atoms with Gasteiger partial charge in [-0.05, 0) is 36.3 Å². The summed E-state index contributed by atoms with van der Waals surface area (Å²) in [7, 11) is 0. The molecule has 142 valence electrons. The number of nitrogens with zero attached hydrogens (tertiary/aromatic N) is 2. The van der Waals surface area contributed by atoms with Gasteiger partial charge in [0, 0.05) is 6.20 Å². The van der Waals surface area contributed by atoms with Crippen molar-refractivity contribution in [3.05, 3.63) is 65.6 Å². The minimum atomic E-state index is -4.40. The van der Waals surface area contributed by atoms with Crippen molar-refractivity contribution >= 4 is 12.1 Å². The van der Waals surface area contributed by atoms with Crippen molar-refractivity contribution in [2.24, 2.45) is 0 Å². The van der Waals surface area contributed by atoms with Crippen molar-refractivity contribution in [2.75, 3.05) is 6.61 Å². The minimum Gasteiger partial charge on any atom is -0.483 e. The predicted octanol–water partition coefficient (Wildman–Crippen LogP) is 4.28. The zero-order valence-electron chi connectivity index (χ0n) is 14.5. The van der Waals surface area contributed by atoms with Gasteiger partial charge in [0.05, 0.1) is 24.5 Å². The lowest BCUT2D eigenvalue weighted by Crippen LogP contribution is -2.38. The van der Waals surface area contributed by atoms with Gasteiger partial charge in [0.25, 0.3) is 0 Å². The van der Waals surface area contributed by atoms with Crippen LogP contribution in [-0.4, -0.2) is 28.7 Å². The zero-order chi connectivity index (χ0) is 19.4. The number of fused-ring (bicyclic) bond motifs is 1. The Morgan fingerprint density at radius 2 is 2.07 bits per heavy atom. The van der Waals surface area contributed by atoms with Crippen molar-refractivity contribution in [1.29, 1.82) is 0 Å². The molecule has 0 saturated heterocycles. The molecule has 0 unspecified atom stereocenters. The van der Waals surface area contributed by atoms with Crippen LogP contribution in [0.4, 0.5) is 18.0 Å². The third kappa shape index (κ3) is 4.99. The number of hydrogen-bond donors (Lipinski definition) is 1. The van der Waals surface area contributed by atoms with Crippen LogP contribution in [0.25, 0.3) is 6.08 Å². The Bertz CT molecular complexity index is 835. The number of urea groups is 1. The second kappa shape index (κ2) is 7.69. The molecule has 0 radical (unpaired) electrons. The number of alkyl halides is 3. The molecule has 1 aliphatic rings. The van der Waals surface area contributed by atoms with Gasteiger partial charge in [-0.1, -0.05) is 24.3 Å². The number of carbonyl (C=O) groups excluding carboxylic acids is 1. The van der Waals surface area contributed by atoms with Crippen LogP contribution in [0.3, 0.4) is 0 Å². The molecule has 0 bridgehead atoms. The predicted molar refractivity (Wildman–Crippen MR) is 93.8 cm³/mol. The van der Waals surface area contributed by atoms with Crippen molar-refractivity contribution in [1.82, 2.24) is 15.2 Å². The SMILES string of the molecule is C[C@@H](NC(=O)N1C=Cc2ccccc2C1)c1ccc(OCC(F)(F)F)cn1. The number of hydrogen-bond acceptors (Lipinski definition) is 3. The Morgan fingerprint density at radius 3 is 2.78 bits per heavy atom. The first-order valence-corrected chi connectivity index (χ1v) is 8.30. The summed E-state index contributed by atoms with van der Waals surface area (Å²) in [4.78, 5) is 18.1. The largest absolute Gasteiger partial charge is 0.483 e. The normalized spacial score (nSPS) is 14.4. The number of rotatable bonds is 4. The molecule has 1 atom stereocenters. The average Bonchev–Trinajstić information content (AvgIpc) is 2.65. The minimum absolute atomic E-state index is 0.0187. The maximum absolute atomic E-state index is 12.5. The van der Waals surface area contributed by atoms with Gasteiger partial charge in [0.15, 0.2) is 6.61 Å². The Morgan fingerprint density at radius 1 is 1.30 bits per heavy atom. The van der Waals surface area contributed by atoms with Crippen molar-refractivity contribution in [2.45, 2.75) is 25.7 Å². The van der Waals surface area contributed by atoms with Gasteiger partial charge in [0.2, 0.25) is 0 Å². The summed E-state index contributed by atoms with van der Waals surface area (Å²) < 4.78 is 41.1. The van der Waals surface area contributed by atoms with Crippen LogP contribution >= 0.6 is 0 Å². The van der Waals surface area contributed by atoms with Crippen LogP contribution in [0, 0.1) is 0 Å². The highest BCUT2D eigenvalue weighted by Gasteiger charge is 2.28. The van der Waals surface area contributed by atoms with E-state index in [4.69, 9.17) is 0 Å². The summed E-state index contributed by atoms with van der Waals surface area (Å²) >= 11 is 0. The Kier molecular flexibility index (Phi) is 5.34. The first-order chi connectivity index (χ1) is 12.8. The molecular formula is C19H18F3N3O2. The molecule has 27 heavy (non-hydrogen) atoms. The number of nitrogens with one attached hydrogen (secondary N) is 1. The molecule has 0 spiro atoms. The van der Waals surface area contributed by atoms with Crippen molar-refractivity contribution in [3.8, 4) is 5.75 Å². The average molecular weight is 377 g/mol. The number of amides is 2. The number of benzene rings is 1. The Balaban J connectivity index is 1.57. The van der Waals surface area contributed by atoms with E-state index in [2.05, 4.69) is 15.0 Å². The van der Waals surface area contributed by atoms with Crippen LogP contribution in [0.15, 0.2) is 48.8 Å². The lowest BCUT2D eigenvalue weighted by atomic mass is 10.0. The molecule has 0 saturated carbocycles. The summed E-state index contributed by atoms with van der Waals surface area (Å²) in [5, 5.41) is 2.82. The highest BCUT2D eigenvalue weighted by Crippen LogP contribution is 2.21. The van der Waals surface area contributed by atoms with Gasteiger partial charge < -0.3 is 10.1 Å². The van der Waals surface area contributed by atoms with E-state index in [0.29, 0.717) is 12.2 Å². The number of carbonyl (C=O) groups is 1. The van der Waals surface area contributed by atoms with E-state index in [0.717, 1.165) is 11.1 Å². The molecule has 0 fully saturated rings. The third-order valence-electron chi connectivity index (χ3n) is 4.04. The number of ether oxygens (including phenoxy) is 1. The summed E-state index contributed by atoms with van der Waals surface area (Å²) in [6.45, 7) is 0.837. The Labute approximate surface area is 154 Å². The summed E-state index contributed by atoms with van der Waals surface area (Å²) in [6.07, 6.45) is 0.390. The second-order valence-electron chi connectivity index (χ2n) is 6.14. The molecule has 2 aromatic rings. The summed E-state index contributed by atoms with van der Waals surface area (Å²) in [5.74, 6) is 0.0187. The molecule has 1 aromatic carbocycles. The van der Waals surface area contributed by atoms with E-state index < -0.39 is 18.8 Å². The van der Waals surface area contributed by atoms with Crippen molar-refractivity contribution < 1.29 is 22.7 Å². The lowest BCUT2D eigenvalue weighted by molar-refractivity contribution is -0.153. The first-order valence-electron chi connectivity index (χ1n) is 8.30. The molecule has 1 aromatic heterocycles. The molecule has 2 amide bonds. The standard InChI is InChI=1S/C19H18F3N3O2/c1-13(17-7-6-16(10-23-17)27-12-19(20,21)22)24-18(26)25-9-8-14-4-2-3-5-15(14)11-25/h2-10,13H,11-12H2,1H3,(H,24,26)/t13-/m1/s1. The summed E-state index contributed by atoms with van der Waals surface area (Å²) in [5.41, 5.74) is 2.64. The van der Waals surface area contributed by atoms with Crippen molar-refractivity contribution in [3.63, 3.8) is 0 Å². The molecule has 5 nitrogen and oxygen atoms in total. The highest BCUT2D eigenvalue weighted by molar-refractivity contribution is 5.78. The number of aromatic nitrogens is 1. The van der Waals surface area contributed by atoms with E-state index in [1.807, 2.05) is 30.3 Å². The van der Waals surface area contributed by atoms with E-state index >= 15 is 0 Å². The van der Waals surface area contributed by atoms with E-state index in [-0.39, 0.29) is 11.8 Å². The second-order valence-corrected chi connectivity index (χ2v) is 6.14. The quantitative estimate of drug-likeness (QED) is 0.865. The van der Waals surface area contributed by atoms with Gasteiger partial charge in [-0.3, -0.25) is 9.88 Å². The fourth-order valence-electron chi connectivity index (χ4n) is 2.63. The topological polar surface area (TPSA) is 54.5 Å². The van der Waals surface area contributed by atoms with Crippen LogP contribution in [0.1, 0.15) is 29.8 Å². The monoisotopic (exact) mass is 377 g/mol. The molecule has 1 aliphatic heterocycles. The maximum atomic E-state index is 12.5. The van der Waals surface area contributed by atoms with E-state index in [9.17, 15) is 18.0 Å². The number of pyridine rings is 1. The van der Waals surface area contributed by atoms with Crippen LogP contribution in [0.5, 0.6) is 5.75 Å². The fraction of sp³-hybridized carbons (Fsp3) is 0.263. The highest BCUT2D eigenvalue weighted by atomic mass is 19.4. The van der Waals surface area contributed by atoms with E-state index in [1.54, 1.807) is 18.0 Å². The third-order valence-corrected chi connectivity index (χ3v) is 4.04. The molecular weight excluding hydrogens is 359 g/mol. The molecule has 3 rings (SSSR count). The van der Waals surface area contributed by atoms with Gasteiger partial charge in [-0.15, -0.1) is 0 Å². The zero-order valence-corrected chi connectivity index (χ0v) is 14.5. The van der Waals surface area contributed by atoms with Gasteiger partial charge in [0.1, 0.15) is 5.75 Å². The van der Waals surface area contributed by atoms with Crippen LogP contribution in [-0.2, 0) is 6.54 Å². The lowest BCUT2D eigenvalue weighted by Gasteiger charge is -2.25. The van der Waals surface area contributed by atoms with Gasteiger partial charge in [-0.2, -0.15) is 13.2 Å². The fourth-order valence-corrected chi connectivity index (χ4v) is 2.63. The smallest absolute Gasteiger partial charge is 0.422 e. The van der Waals surface area contributed by atoms with E-state index in [1.165, 1.54) is 18.3 Å². The van der Waals surface area contributed by atoms with Gasteiger partial charge >= 0.3 is 12.2 Å².